The molecular formula is C19H24N4O2. The zero-order valence-electron chi connectivity index (χ0n) is 14.6. The van der Waals surface area contributed by atoms with E-state index in [9.17, 15) is 4.79 Å². The third-order valence-electron chi connectivity index (χ3n) is 5.21. The van der Waals surface area contributed by atoms with Crippen LogP contribution in [0.25, 0.3) is 11.1 Å². The van der Waals surface area contributed by atoms with Gasteiger partial charge in [-0.15, -0.1) is 0 Å². The van der Waals surface area contributed by atoms with Gasteiger partial charge in [0.25, 0.3) is 0 Å². The molecule has 2 aromatic heterocycles. The average molecular weight is 340 g/mol. The van der Waals surface area contributed by atoms with Crippen molar-refractivity contribution in [2.45, 2.75) is 31.7 Å². The van der Waals surface area contributed by atoms with Gasteiger partial charge >= 0.3 is 5.76 Å². The number of rotatable bonds is 5. The highest BCUT2D eigenvalue weighted by molar-refractivity contribution is 5.72. The van der Waals surface area contributed by atoms with E-state index in [2.05, 4.69) is 16.1 Å². The normalized spacial score (nSPS) is 18.8. The summed E-state index contributed by atoms with van der Waals surface area (Å²) in [6.07, 6.45) is 5.26. The fraction of sp³-hybridized carbons (Fsp3) is 0.474. The molecule has 1 aliphatic rings. The zero-order chi connectivity index (χ0) is 17.2. The SMILES string of the molecule is Cn1nccc1[C@H]1CCCN(CCCn2c(=O)oc3ccccc32)C1. The lowest BCUT2D eigenvalue weighted by Gasteiger charge is -2.32. The maximum atomic E-state index is 12.0. The van der Waals surface area contributed by atoms with Gasteiger partial charge in [0.2, 0.25) is 0 Å². The van der Waals surface area contributed by atoms with E-state index in [-0.39, 0.29) is 5.76 Å². The Kier molecular flexibility index (Phi) is 4.44. The summed E-state index contributed by atoms with van der Waals surface area (Å²) in [5.74, 6) is 0.298. The molecule has 1 fully saturated rings. The predicted molar refractivity (Wildman–Crippen MR) is 96.7 cm³/mol. The summed E-state index contributed by atoms with van der Waals surface area (Å²) in [4.78, 5) is 14.5. The lowest BCUT2D eigenvalue weighted by atomic mass is 9.94. The van der Waals surface area contributed by atoms with Crippen molar-refractivity contribution in [2.24, 2.45) is 7.05 Å². The second-order valence-electron chi connectivity index (χ2n) is 6.86. The van der Waals surface area contributed by atoms with Crippen molar-refractivity contribution in [3.8, 4) is 0 Å². The van der Waals surface area contributed by atoms with Crippen molar-refractivity contribution in [3.05, 3.63) is 52.8 Å². The summed E-state index contributed by atoms with van der Waals surface area (Å²) in [5.41, 5.74) is 2.88. The number of para-hydroxylation sites is 2. The van der Waals surface area contributed by atoms with Crippen molar-refractivity contribution < 1.29 is 4.42 Å². The Labute approximate surface area is 146 Å². The van der Waals surface area contributed by atoms with Gasteiger partial charge in [0.1, 0.15) is 0 Å². The van der Waals surface area contributed by atoms with Crippen LogP contribution in [0.15, 0.2) is 45.7 Å². The molecule has 1 aliphatic heterocycles. The molecule has 0 unspecified atom stereocenters. The van der Waals surface area contributed by atoms with Crippen LogP contribution in [-0.4, -0.2) is 38.9 Å². The van der Waals surface area contributed by atoms with E-state index in [1.807, 2.05) is 42.2 Å². The first kappa shape index (κ1) is 16.1. The summed E-state index contributed by atoms with van der Waals surface area (Å²) in [6.45, 7) is 3.90. The predicted octanol–water partition coefficient (Wildman–Crippen LogP) is 2.60. The van der Waals surface area contributed by atoms with Gasteiger partial charge in [0.05, 0.1) is 5.52 Å². The van der Waals surface area contributed by atoms with Crippen LogP contribution < -0.4 is 5.76 Å². The minimum atomic E-state index is -0.257. The molecule has 1 aromatic carbocycles. The monoisotopic (exact) mass is 340 g/mol. The Morgan fingerprint density at radius 3 is 2.96 bits per heavy atom. The summed E-state index contributed by atoms with van der Waals surface area (Å²) in [5, 5.41) is 4.30. The molecule has 4 rings (SSSR count). The fourth-order valence-corrected chi connectivity index (χ4v) is 3.96. The highest BCUT2D eigenvalue weighted by atomic mass is 16.4. The molecule has 6 heteroatoms. The van der Waals surface area contributed by atoms with Gasteiger partial charge < -0.3 is 9.32 Å². The summed E-state index contributed by atoms with van der Waals surface area (Å²) in [7, 11) is 2.02. The van der Waals surface area contributed by atoms with Gasteiger partial charge in [0.15, 0.2) is 5.58 Å². The molecule has 3 aromatic rings. The quantitative estimate of drug-likeness (QED) is 0.716. The second kappa shape index (κ2) is 6.88. The van der Waals surface area contributed by atoms with Gasteiger partial charge in [-0.1, -0.05) is 12.1 Å². The first-order valence-electron chi connectivity index (χ1n) is 9.01. The molecule has 132 valence electrons. The number of piperidine rings is 1. The number of hydrogen-bond acceptors (Lipinski definition) is 4. The smallest absolute Gasteiger partial charge is 0.408 e. The first-order chi connectivity index (χ1) is 12.2. The van der Waals surface area contributed by atoms with Gasteiger partial charge in [-0.25, -0.2) is 4.79 Å². The van der Waals surface area contributed by atoms with E-state index in [0.29, 0.717) is 18.0 Å². The average Bonchev–Trinajstić information content (AvgIpc) is 3.18. The van der Waals surface area contributed by atoms with Gasteiger partial charge in [-0.2, -0.15) is 5.10 Å². The Hall–Kier alpha value is -2.34. The van der Waals surface area contributed by atoms with E-state index < -0.39 is 0 Å². The van der Waals surface area contributed by atoms with E-state index in [0.717, 1.165) is 31.6 Å². The number of aryl methyl sites for hydroxylation is 2. The number of fused-ring (bicyclic) bond motifs is 1. The number of likely N-dealkylation sites (tertiary alicyclic amines) is 1. The molecule has 0 amide bonds. The number of benzene rings is 1. The van der Waals surface area contributed by atoms with Crippen molar-refractivity contribution in [1.29, 1.82) is 0 Å². The third-order valence-corrected chi connectivity index (χ3v) is 5.21. The zero-order valence-corrected chi connectivity index (χ0v) is 14.6. The van der Waals surface area contributed by atoms with E-state index in [1.54, 1.807) is 4.57 Å². The molecule has 0 N–H and O–H groups in total. The van der Waals surface area contributed by atoms with E-state index in [4.69, 9.17) is 4.42 Å². The first-order valence-corrected chi connectivity index (χ1v) is 9.01. The van der Waals surface area contributed by atoms with Crippen LogP contribution in [0.5, 0.6) is 0 Å². The maximum Gasteiger partial charge on any atom is 0.419 e. The second-order valence-corrected chi connectivity index (χ2v) is 6.86. The van der Waals surface area contributed by atoms with Crippen molar-refractivity contribution >= 4 is 11.1 Å². The lowest BCUT2D eigenvalue weighted by molar-refractivity contribution is 0.199. The number of nitrogens with zero attached hydrogens (tertiary/aromatic N) is 4. The topological polar surface area (TPSA) is 56.2 Å². The van der Waals surface area contributed by atoms with Gasteiger partial charge in [-0.05, 0) is 50.6 Å². The molecule has 0 spiro atoms. The van der Waals surface area contributed by atoms with E-state index >= 15 is 0 Å². The van der Waals surface area contributed by atoms with Gasteiger partial charge in [-0.3, -0.25) is 9.25 Å². The molecule has 0 radical (unpaired) electrons. The summed E-state index contributed by atoms with van der Waals surface area (Å²) >= 11 is 0. The molecular weight excluding hydrogens is 316 g/mol. The number of hydrogen-bond donors (Lipinski definition) is 0. The summed E-state index contributed by atoms with van der Waals surface area (Å²) in [6, 6.07) is 9.75. The molecule has 6 nitrogen and oxygen atoms in total. The van der Waals surface area contributed by atoms with Crippen molar-refractivity contribution in [2.75, 3.05) is 19.6 Å². The Bertz CT molecular complexity index is 907. The molecule has 25 heavy (non-hydrogen) atoms. The number of aromatic nitrogens is 3. The molecule has 1 atom stereocenters. The van der Waals surface area contributed by atoms with Crippen LogP contribution in [-0.2, 0) is 13.6 Å². The largest absolute Gasteiger partial charge is 0.419 e. The molecule has 1 saturated heterocycles. The molecule has 3 heterocycles. The van der Waals surface area contributed by atoms with Crippen molar-refractivity contribution in [3.63, 3.8) is 0 Å². The molecule has 0 saturated carbocycles. The van der Waals surface area contributed by atoms with E-state index in [1.165, 1.54) is 18.5 Å². The van der Waals surface area contributed by atoms with Crippen LogP contribution >= 0.6 is 0 Å². The highest BCUT2D eigenvalue weighted by Crippen LogP contribution is 2.26. The minimum absolute atomic E-state index is 0.257. The Morgan fingerprint density at radius 1 is 1.24 bits per heavy atom. The van der Waals surface area contributed by atoms with Gasteiger partial charge in [0, 0.05) is 37.9 Å². The Balaban J connectivity index is 1.37. The van der Waals surface area contributed by atoms with Crippen molar-refractivity contribution in [1.82, 2.24) is 19.2 Å². The highest BCUT2D eigenvalue weighted by Gasteiger charge is 2.23. The molecule has 0 aliphatic carbocycles. The lowest BCUT2D eigenvalue weighted by Crippen LogP contribution is -2.36. The van der Waals surface area contributed by atoms with Crippen LogP contribution in [0.1, 0.15) is 30.9 Å². The van der Waals surface area contributed by atoms with Crippen LogP contribution in [0.4, 0.5) is 0 Å². The standard InChI is InChI=1S/C19H24N4O2/c1-21-16(9-10-20-21)15-6-4-11-22(14-15)12-5-13-23-17-7-2-3-8-18(17)25-19(23)24/h2-3,7-10,15H,4-6,11-14H2,1H3/t15-/m0/s1. The van der Waals surface area contributed by atoms with Crippen LogP contribution in [0.2, 0.25) is 0 Å². The van der Waals surface area contributed by atoms with Crippen LogP contribution in [0.3, 0.4) is 0 Å². The van der Waals surface area contributed by atoms with Crippen LogP contribution in [0, 0.1) is 0 Å². The summed E-state index contributed by atoms with van der Waals surface area (Å²) < 4.78 is 9.04. The molecule has 0 bridgehead atoms. The number of oxazole rings is 1. The Morgan fingerprint density at radius 2 is 2.12 bits per heavy atom. The minimum Gasteiger partial charge on any atom is -0.408 e. The maximum absolute atomic E-state index is 12.0. The fourth-order valence-electron chi connectivity index (χ4n) is 3.96. The third kappa shape index (κ3) is 3.26.